The summed E-state index contributed by atoms with van der Waals surface area (Å²) in [6.45, 7) is 1.48. The summed E-state index contributed by atoms with van der Waals surface area (Å²) in [6, 6.07) is 0. The van der Waals surface area contributed by atoms with Crippen LogP contribution in [0, 0.1) is 12.9 Å². The van der Waals surface area contributed by atoms with Gasteiger partial charge in [-0.2, -0.15) is 4.39 Å². The standard InChI is InChI=1S/C8H5ClFN3O2/c1-2-3(8(14)15)5(9)4-6(10)12-13-7(4)11-2/h1H3,(H,14,15)(H,11,12,13). The van der Waals surface area contributed by atoms with Gasteiger partial charge in [0.05, 0.1) is 16.1 Å². The summed E-state index contributed by atoms with van der Waals surface area (Å²) in [5, 5.41) is 14.2. The van der Waals surface area contributed by atoms with Gasteiger partial charge in [-0.1, -0.05) is 11.6 Å². The van der Waals surface area contributed by atoms with Gasteiger partial charge in [0.2, 0.25) is 5.95 Å². The van der Waals surface area contributed by atoms with Gasteiger partial charge in [0.1, 0.15) is 5.56 Å². The van der Waals surface area contributed by atoms with Crippen LogP contribution in [0.5, 0.6) is 0 Å². The average Bonchev–Trinajstić information content (AvgIpc) is 2.46. The molecule has 2 aromatic rings. The van der Waals surface area contributed by atoms with E-state index in [-0.39, 0.29) is 27.3 Å². The SMILES string of the molecule is Cc1nc2[nH]nc(F)c2c(Cl)c1C(=O)O. The summed E-state index contributed by atoms with van der Waals surface area (Å²) in [4.78, 5) is 14.7. The lowest BCUT2D eigenvalue weighted by Crippen LogP contribution is -2.03. The fraction of sp³-hybridized carbons (Fsp3) is 0.125. The van der Waals surface area contributed by atoms with Crippen molar-refractivity contribution in [2.24, 2.45) is 0 Å². The number of aryl methyl sites for hydroxylation is 1. The Bertz CT molecular complexity index is 567. The van der Waals surface area contributed by atoms with Gasteiger partial charge in [0.15, 0.2) is 5.65 Å². The zero-order valence-electron chi connectivity index (χ0n) is 7.51. The van der Waals surface area contributed by atoms with E-state index in [0.717, 1.165) is 0 Å². The predicted molar refractivity (Wildman–Crippen MR) is 50.6 cm³/mol. The van der Waals surface area contributed by atoms with Crippen LogP contribution in [0.3, 0.4) is 0 Å². The first-order valence-corrected chi connectivity index (χ1v) is 4.33. The molecule has 0 saturated heterocycles. The Balaban J connectivity index is 2.93. The molecule has 0 radical (unpaired) electrons. The quantitative estimate of drug-likeness (QED) is 0.781. The van der Waals surface area contributed by atoms with Crippen molar-refractivity contribution in [2.75, 3.05) is 0 Å². The van der Waals surface area contributed by atoms with Gasteiger partial charge < -0.3 is 5.11 Å². The Morgan fingerprint density at radius 3 is 2.87 bits per heavy atom. The lowest BCUT2D eigenvalue weighted by molar-refractivity contribution is 0.0696. The molecule has 0 spiro atoms. The molecule has 2 rings (SSSR count). The monoisotopic (exact) mass is 229 g/mol. The summed E-state index contributed by atoms with van der Waals surface area (Å²) < 4.78 is 13.1. The minimum absolute atomic E-state index is 0.0975. The third-order valence-electron chi connectivity index (χ3n) is 2.00. The third kappa shape index (κ3) is 1.33. The molecule has 7 heteroatoms. The van der Waals surface area contributed by atoms with E-state index < -0.39 is 11.9 Å². The molecule has 0 aliphatic heterocycles. The van der Waals surface area contributed by atoms with Crippen LogP contribution in [0.2, 0.25) is 5.02 Å². The highest BCUT2D eigenvalue weighted by atomic mass is 35.5. The molecule has 2 heterocycles. The van der Waals surface area contributed by atoms with Crippen molar-refractivity contribution in [3.63, 3.8) is 0 Å². The van der Waals surface area contributed by atoms with E-state index in [9.17, 15) is 9.18 Å². The summed E-state index contributed by atoms with van der Waals surface area (Å²) >= 11 is 5.77. The largest absolute Gasteiger partial charge is 0.478 e. The molecule has 0 saturated carbocycles. The average molecular weight is 230 g/mol. The summed E-state index contributed by atoms with van der Waals surface area (Å²) in [7, 11) is 0. The van der Waals surface area contributed by atoms with Crippen molar-refractivity contribution in [3.05, 3.63) is 22.2 Å². The summed E-state index contributed by atoms with van der Waals surface area (Å²) in [5.74, 6) is -2.10. The Morgan fingerprint density at radius 2 is 2.27 bits per heavy atom. The molecular formula is C8H5ClFN3O2. The number of aromatic carboxylic acids is 1. The van der Waals surface area contributed by atoms with Crippen molar-refractivity contribution in [2.45, 2.75) is 6.92 Å². The van der Waals surface area contributed by atoms with Crippen LogP contribution >= 0.6 is 11.6 Å². The van der Waals surface area contributed by atoms with E-state index in [1.54, 1.807) is 0 Å². The van der Waals surface area contributed by atoms with Gasteiger partial charge >= 0.3 is 5.97 Å². The number of nitrogens with one attached hydrogen (secondary N) is 1. The number of hydrogen-bond acceptors (Lipinski definition) is 3. The maximum atomic E-state index is 13.1. The summed E-state index contributed by atoms with van der Waals surface area (Å²) in [6.07, 6.45) is 0. The molecule has 0 aromatic carbocycles. The Morgan fingerprint density at radius 1 is 1.60 bits per heavy atom. The van der Waals surface area contributed by atoms with Crippen molar-refractivity contribution < 1.29 is 14.3 Å². The fourth-order valence-corrected chi connectivity index (χ4v) is 1.73. The maximum Gasteiger partial charge on any atom is 0.339 e. The molecule has 2 aromatic heterocycles. The van der Waals surface area contributed by atoms with Gasteiger partial charge in [0, 0.05) is 0 Å². The number of hydrogen-bond donors (Lipinski definition) is 2. The molecule has 0 fully saturated rings. The summed E-state index contributed by atoms with van der Waals surface area (Å²) in [5.41, 5.74) is 0.146. The topological polar surface area (TPSA) is 78.9 Å². The number of fused-ring (bicyclic) bond motifs is 1. The van der Waals surface area contributed by atoms with E-state index in [0.29, 0.717) is 0 Å². The molecule has 0 amide bonds. The van der Waals surface area contributed by atoms with Crippen LogP contribution in [0.1, 0.15) is 16.1 Å². The number of aromatic amines is 1. The molecule has 78 valence electrons. The second-order valence-corrected chi connectivity index (χ2v) is 3.31. The second kappa shape index (κ2) is 3.16. The number of carboxylic acid groups (broad SMARTS) is 1. The van der Waals surface area contributed by atoms with Crippen molar-refractivity contribution in [3.8, 4) is 0 Å². The normalized spacial score (nSPS) is 10.9. The number of nitrogens with zero attached hydrogens (tertiary/aromatic N) is 2. The Labute approximate surface area is 87.9 Å². The van der Waals surface area contributed by atoms with E-state index >= 15 is 0 Å². The molecule has 0 bridgehead atoms. The molecule has 15 heavy (non-hydrogen) atoms. The lowest BCUT2D eigenvalue weighted by atomic mass is 10.1. The van der Waals surface area contributed by atoms with Crippen LogP contribution in [-0.4, -0.2) is 26.3 Å². The number of carbonyl (C=O) groups is 1. The highest BCUT2D eigenvalue weighted by molar-refractivity contribution is 6.38. The van der Waals surface area contributed by atoms with E-state index in [2.05, 4.69) is 15.2 Å². The zero-order chi connectivity index (χ0) is 11.2. The molecule has 5 nitrogen and oxygen atoms in total. The number of rotatable bonds is 1. The fourth-order valence-electron chi connectivity index (χ4n) is 1.34. The zero-order valence-corrected chi connectivity index (χ0v) is 8.26. The predicted octanol–water partition coefficient (Wildman–Crippen LogP) is 1.76. The number of aromatic nitrogens is 3. The van der Waals surface area contributed by atoms with Gasteiger partial charge in [-0.05, 0) is 6.92 Å². The van der Waals surface area contributed by atoms with E-state index in [1.807, 2.05) is 0 Å². The van der Waals surface area contributed by atoms with Gasteiger partial charge in [-0.25, -0.2) is 9.78 Å². The highest BCUT2D eigenvalue weighted by Gasteiger charge is 2.20. The first kappa shape index (κ1) is 9.85. The van der Waals surface area contributed by atoms with Gasteiger partial charge in [0.25, 0.3) is 0 Å². The van der Waals surface area contributed by atoms with Crippen LogP contribution < -0.4 is 0 Å². The van der Waals surface area contributed by atoms with Crippen LogP contribution in [-0.2, 0) is 0 Å². The molecule has 0 atom stereocenters. The first-order valence-electron chi connectivity index (χ1n) is 3.95. The maximum absolute atomic E-state index is 13.1. The minimum Gasteiger partial charge on any atom is -0.478 e. The smallest absolute Gasteiger partial charge is 0.339 e. The molecule has 0 unspecified atom stereocenters. The van der Waals surface area contributed by atoms with Crippen LogP contribution in [0.25, 0.3) is 11.0 Å². The molecule has 2 N–H and O–H groups in total. The highest BCUT2D eigenvalue weighted by Crippen LogP contribution is 2.28. The van der Waals surface area contributed by atoms with Crippen LogP contribution in [0.15, 0.2) is 0 Å². The molecule has 0 aliphatic rings. The molecular weight excluding hydrogens is 225 g/mol. The van der Waals surface area contributed by atoms with Crippen molar-refractivity contribution in [1.82, 2.24) is 15.2 Å². The van der Waals surface area contributed by atoms with Gasteiger partial charge in [-0.15, -0.1) is 5.10 Å². The second-order valence-electron chi connectivity index (χ2n) is 2.93. The number of halogens is 2. The van der Waals surface area contributed by atoms with Crippen LogP contribution in [0.4, 0.5) is 4.39 Å². The Hall–Kier alpha value is -1.69. The third-order valence-corrected chi connectivity index (χ3v) is 2.38. The Kier molecular flexibility index (Phi) is 2.08. The van der Waals surface area contributed by atoms with E-state index in [1.165, 1.54) is 6.92 Å². The van der Waals surface area contributed by atoms with Gasteiger partial charge in [-0.3, -0.25) is 5.10 Å². The molecule has 0 aliphatic carbocycles. The minimum atomic E-state index is -1.24. The first-order chi connectivity index (χ1) is 7.02. The van der Waals surface area contributed by atoms with Crippen molar-refractivity contribution >= 4 is 28.6 Å². The number of H-pyrrole nitrogens is 1. The van der Waals surface area contributed by atoms with E-state index in [4.69, 9.17) is 16.7 Å². The number of carboxylic acids is 1. The number of pyridine rings is 1. The lowest BCUT2D eigenvalue weighted by Gasteiger charge is -2.02. The van der Waals surface area contributed by atoms with Crippen molar-refractivity contribution in [1.29, 1.82) is 0 Å².